The molecule has 176 valence electrons. The first kappa shape index (κ1) is 30.3. The van der Waals surface area contributed by atoms with Crippen LogP contribution in [0, 0.1) is 0 Å². The largest absolute Gasteiger partial charge is 0.481 e. The van der Waals surface area contributed by atoms with Gasteiger partial charge in [0.1, 0.15) is 6.04 Å². The van der Waals surface area contributed by atoms with Gasteiger partial charge in [0.05, 0.1) is 0 Å². The van der Waals surface area contributed by atoms with E-state index < -0.39 is 23.9 Å². The van der Waals surface area contributed by atoms with Crippen molar-refractivity contribution in [2.45, 2.75) is 116 Å². The maximum atomic E-state index is 10.3. The molecule has 5 N–H and O–H groups in total. The molecule has 0 rings (SSSR count). The summed E-state index contributed by atoms with van der Waals surface area (Å²) in [5.74, 6) is -2.86. The SMILES string of the molecule is CCCCCCCC/C=C\CCCCCCCC(=O)O.N[C@@H](CCC(=O)O)C(=O)O. The first-order valence-corrected chi connectivity index (χ1v) is 11.4. The Bertz CT molecular complexity index is 465. The molecule has 1 atom stereocenters. The summed E-state index contributed by atoms with van der Waals surface area (Å²) < 4.78 is 0. The third kappa shape index (κ3) is 28.3. The zero-order chi connectivity index (χ0) is 23.0. The molecular formula is C23H43NO6. The number of unbranched alkanes of at least 4 members (excludes halogenated alkanes) is 11. The van der Waals surface area contributed by atoms with E-state index in [9.17, 15) is 14.4 Å². The number of allylic oxidation sites excluding steroid dienone is 2. The highest BCUT2D eigenvalue weighted by Crippen LogP contribution is 2.09. The van der Waals surface area contributed by atoms with E-state index in [4.69, 9.17) is 21.1 Å². The molecule has 0 aromatic carbocycles. The van der Waals surface area contributed by atoms with Crippen molar-refractivity contribution in [3.63, 3.8) is 0 Å². The number of hydrogen-bond donors (Lipinski definition) is 4. The minimum Gasteiger partial charge on any atom is -0.481 e. The van der Waals surface area contributed by atoms with Gasteiger partial charge in [-0.1, -0.05) is 70.4 Å². The van der Waals surface area contributed by atoms with Crippen LogP contribution >= 0.6 is 0 Å². The molecule has 0 spiro atoms. The van der Waals surface area contributed by atoms with Crippen LogP contribution in [-0.2, 0) is 14.4 Å². The van der Waals surface area contributed by atoms with Gasteiger partial charge in [-0.05, 0) is 38.5 Å². The Morgan fingerprint density at radius 3 is 1.57 bits per heavy atom. The van der Waals surface area contributed by atoms with Gasteiger partial charge in [-0.25, -0.2) is 0 Å². The summed E-state index contributed by atoms with van der Waals surface area (Å²) in [7, 11) is 0. The summed E-state index contributed by atoms with van der Waals surface area (Å²) in [6.45, 7) is 2.26. The summed E-state index contributed by atoms with van der Waals surface area (Å²) in [5.41, 5.74) is 5.00. The predicted octanol–water partition coefficient (Wildman–Crippen LogP) is 5.37. The van der Waals surface area contributed by atoms with Crippen LogP contribution in [0.4, 0.5) is 0 Å². The fraction of sp³-hybridized carbons (Fsp3) is 0.783. The van der Waals surface area contributed by atoms with Crippen LogP contribution in [0.5, 0.6) is 0 Å². The maximum Gasteiger partial charge on any atom is 0.320 e. The first-order valence-electron chi connectivity index (χ1n) is 11.4. The summed E-state index contributed by atoms with van der Waals surface area (Å²) in [5, 5.41) is 24.8. The molecular weight excluding hydrogens is 386 g/mol. The summed E-state index contributed by atoms with van der Waals surface area (Å²) >= 11 is 0. The van der Waals surface area contributed by atoms with Crippen molar-refractivity contribution in [3.05, 3.63) is 12.2 Å². The van der Waals surface area contributed by atoms with E-state index in [0.29, 0.717) is 6.42 Å². The number of carboxylic acid groups (broad SMARTS) is 3. The number of rotatable bonds is 19. The lowest BCUT2D eigenvalue weighted by molar-refractivity contribution is -0.140. The van der Waals surface area contributed by atoms with Crippen LogP contribution in [0.25, 0.3) is 0 Å². The van der Waals surface area contributed by atoms with E-state index in [1.807, 2.05) is 0 Å². The molecule has 0 aliphatic heterocycles. The number of carbonyl (C=O) groups is 3. The van der Waals surface area contributed by atoms with E-state index in [1.54, 1.807) is 0 Å². The molecule has 0 saturated heterocycles. The van der Waals surface area contributed by atoms with Crippen molar-refractivity contribution in [3.8, 4) is 0 Å². The summed E-state index contributed by atoms with van der Waals surface area (Å²) in [6.07, 6.45) is 21.0. The Morgan fingerprint density at radius 1 is 0.700 bits per heavy atom. The number of hydrogen-bond acceptors (Lipinski definition) is 4. The molecule has 30 heavy (non-hydrogen) atoms. The lowest BCUT2D eigenvalue weighted by Gasteiger charge is -2.01. The van der Waals surface area contributed by atoms with Crippen molar-refractivity contribution in [1.82, 2.24) is 0 Å². The van der Waals surface area contributed by atoms with Gasteiger partial charge >= 0.3 is 17.9 Å². The zero-order valence-corrected chi connectivity index (χ0v) is 18.7. The van der Waals surface area contributed by atoms with Crippen LogP contribution in [0.3, 0.4) is 0 Å². The molecule has 0 fully saturated rings. The minimum absolute atomic E-state index is 0.0231. The van der Waals surface area contributed by atoms with Gasteiger partial charge in [0, 0.05) is 12.8 Å². The van der Waals surface area contributed by atoms with Gasteiger partial charge in [0.15, 0.2) is 0 Å². The number of aliphatic carboxylic acids is 3. The van der Waals surface area contributed by atoms with Crippen molar-refractivity contribution >= 4 is 17.9 Å². The summed E-state index contributed by atoms with van der Waals surface area (Å²) in [4.78, 5) is 30.2. The molecule has 0 saturated carbocycles. The molecule has 0 amide bonds. The standard InChI is InChI=1S/C18H34O2.C5H9NO4/c1-2-3-4-5-6-7-8-9-10-11-12-13-14-15-16-17-18(19)20;6-3(5(9)10)1-2-4(7)8/h9-10H,2-8,11-17H2,1H3,(H,19,20);3H,1-2,6H2,(H,7,8)(H,9,10)/b10-9-;/t;3-/m.0/s1. The smallest absolute Gasteiger partial charge is 0.320 e. The van der Waals surface area contributed by atoms with Crippen molar-refractivity contribution in [2.75, 3.05) is 0 Å². The molecule has 0 aromatic rings. The molecule has 0 heterocycles. The Balaban J connectivity index is 0. The monoisotopic (exact) mass is 429 g/mol. The second-order valence-corrected chi connectivity index (χ2v) is 7.61. The Labute approximate surface area is 181 Å². The van der Waals surface area contributed by atoms with Gasteiger partial charge in [0.25, 0.3) is 0 Å². The second-order valence-electron chi connectivity index (χ2n) is 7.61. The molecule has 0 radical (unpaired) electrons. The first-order chi connectivity index (χ1) is 14.3. The quantitative estimate of drug-likeness (QED) is 0.160. The molecule has 0 bridgehead atoms. The van der Waals surface area contributed by atoms with Crippen LogP contribution < -0.4 is 5.73 Å². The van der Waals surface area contributed by atoms with Gasteiger partial charge in [-0.3, -0.25) is 14.4 Å². The van der Waals surface area contributed by atoms with Gasteiger partial charge in [0.2, 0.25) is 0 Å². The molecule has 7 heteroatoms. The third-order valence-electron chi connectivity index (χ3n) is 4.64. The third-order valence-corrected chi connectivity index (χ3v) is 4.64. The molecule has 0 aliphatic carbocycles. The van der Waals surface area contributed by atoms with Gasteiger partial charge in [-0.2, -0.15) is 0 Å². The highest BCUT2D eigenvalue weighted by atomic mass is 16.4. The highest BCUT2D eigenvalue weighted by Gasteiger charge is 2.12. The minimum atomic E-state index is -1.17. The Hall–Kier alpha value is -1.89. The van der Waals surface area contributed by atoms with Crippen LogP contribution in [0.1, 0.15) is 110 Å². The number of carboxylic acids is 3. The molecule has 0 unspecified atom stereocenters. The molecule has 0 aliphatic rings. The van der Waals surface area contributed by atoms with E-state index in [1.165, 1.54) is 70.6 Å². The normalized spacial score (nSPS) is 11.7. The number of nitrogens with two attached hydrogens (primary N) is 1. The Kier molecular flexibility index (Phi) is 23.6. The van der Waals surface area contributed by atoms with E-state index in [2.05, 4.69) is 19.1 Å². The highest BCUT2D eigenvalue weighted by molar-refractivity contribution is 5.74. The topological polar surface area (TPSA) is 138 Å². The average molecular weight is 430 g/mol. The van der Waals surface area contributed by atoms with Gasteiger partial charge in [-0.15, -0.1) is 0 Å². The van der Waals surface area contributed by atoms with E-state index in [0.717, 1.165) is 12.8 Å². The van der Waals surface area contributed by atoms with E-state index in [-0.39, 0.29) is 12.8 Å². The van der Waals surface area contributed by atoms with E-state index >= 15 is 0 Å². The van der Waals surface area contributed by atoms with Crippen LogP contribution in [0.15, 0.2) is 12.2 Å². The zero-order valence-electron chi connectivity index (χ0n) is 18.7. The second kappa shape index (κ2) is 23.4. The molecule has 7 nitrogen and oxygen atoms in total. The lowest BCUT2D eigenvalue weighted by atomic mass is 10.1. The lowest BCUT2D eigenvalue weighted by Crippen LogP contribution is -2.30. The fourth-order valence-corrected chi connectivity index (χ4v) is 2.75. The summed E-state index contributed by atoms with van der Waals surface area (Å²) in [6, 6.07) is -1.06. The maximum absolute atomic E-state index is 10.3. The van der Waals surface area contributed by atoms with Crippen molar-refractivity contribution in [1.29, 1.82) is 0 Å². The average Bonchev–Trinajstić information content (AvgIpc) is 2.69. The van der Waals surface area contributed by atoms with Gasteiger partial charge < -0.3 is 21.1 Å². The Morgan fingerprint density at radius 2 is 1.13 bits per heavy atom. The van der Waals surface area contributed by atoms with Crippen molar-refractivity contribution in [2.24, 2.45) is 5.73 Å². The fourth-order valence-electron chi connectivity index (χ4n) is 2.75. The van der Waals surface area contributed by atoms with Crippen molar-refractivity contribution < 1.29 is 29.7 Å². The van der Waals surface area contributed by atoms with Crippen LogP contribution in [-0.4, -0.2) is 39.3 Å². The predicted molar refractivity (Wildman–Crippen MR) is 120 cm³/mol. The molecule has 0 aromatic heterocycles. The van der Waals surface area contributed by atoms with Crippen LogP contribution in [0.2, 0.25) is 0 Å².